The van der Waals surface area contributed by atoms with E-state index in [0.29, 0.717) is 0 Å². The summed E-state index contributed by atoms with van der Waals surface area (Å²) in [5, 5.41) is 5.39. The molecule has 0 bridgehead atoms. The van der Waals surface area contributed by atoms with E-state index >= 15 is 0 Å². The van der Waals surface area contributed by atoms with Crippen LogP contribution < -0.4 is 0 Å². The SMILES string of the molecule is C=Cc1ccccc1/C(=C1/C=CC=CC1)c1ccc(-c2ccc(C)c(-c3ccccc3C)c2)cc1.CC.CC.CC=CCC.CCC.CCCC.Cc1cc2ccccc2c2ccccc12. The molecular weight excluding hydrogens is 793 g/mol. The number of rotatable bonds is 7. The largest absolute Gasteiger partial charge is 0.0984 e. The van der Waals surface area contributed by atoms with Gasteiger partial charge in [-0.3, -0.25) is 0 Å². The molecule has 0 heteroatoms. The van der Waals surface area contributed by atoms with Crippen molar-refractivity contribution in [2.45, 2.75) is 122 Å². The van der Waals surface area contributed by atoms with Crippen molar-refractivity contribution in [3.8, 4) is 22.3 Å². The van der Waals surface area contributed by atoms with Crippen LogP contribution in [0.15, 0.2) is 194 Å². The van der Waals surface area contributed by atoms with Gasteiger partial charge in [-0.05, 0) is 135 Å². The van der Waals surface area contributed by atoms with Crippen LogP contribution in [-0.2, 0) is 0 Å². The van der Waals surface area contributed by atoms with Gasteiger partial charge >= 0.3 is 0 Å². The van der Waals surface area contributed by atoms with Gasteiger partial charge in [0, 0.05) is 0 Å². The molecule has 8 rings (SSSR count). The Kier molecular flexibility index (Phi) is 27.5. The first-order valence-corrected chi connectivity index (χ1v) is 24.8. The first-order chi connectivity index (χ1) is 32.3. The van der Waals surface area contributed by atoms with Crippen molar-refractivity contribution in [3.05, 3.63) is 228 Å². The van der Waals surface area contributed by atoms with E-state index in [1.807, 2.05) is 40.7 Å². The summed E-state index contributed by atoms with van der Waals surface area (Å²) in [7, 11) is 0. The van der Waals surface area contributed by atoms with Gasteiger partial charge < -0.3 is 0 Å². The number of hydrogen-bond acceptors (Lipinski definition) is 0. The van der Waals surface area contributed by atoms with Gasteiger partial charge in [0.05, 0.1) is 0 Å². The van der Waals surface area contributed by atoms with E-state index in [0.717, 1.165) is 18.4 Å². The van der Waals surface area contributed by atoms with Gasteiger partial charge in [0.25, 0.3) is 0 Å². The van der Waals surface area contributed by atoms with Crippen molar-refractivity contribution in [1.82, 2.24) is 0 Å². The quantitative estimate of drug-likeness (QED) is 0.111. The average molecular weight is 875 g/mol. The van der Waals surface area contributed by atoms with Gasteiger partial charge in [0.15, 0.2) is 0 Å². The molecule has 0 atom stereocenters. The number of unbranched alkanes of at least 4 members (excludes halogenated alkanes) is 1. The van der Waals surface area contributed by atoms with Crippen LogP contribution in [0.25, 0.3) is 55.4 Å². The van der Waals surface area contributed by atoms with Gasteiger partial charge in [-0.1, -0.05) is 270 Å². The molecule has 0 saturated carbocycles. The summed E-state index contributed by atoms with van der Waals surface area (Å²) in [5.74, 6) is 0. The maximum atomic E-state index is 4.06. The molecule has 0 N–H and O–H groups in total. The normalized spacial score (nSPS) is 11.7. The van der Waals surface area contributed by atoms with E-state index in [1.165, 1.54) is 102 Å². The Bertz CT molecular complexity index is 2580. The second-order valence-corrected chi connectivity index (χ2v) is 15.7. The summed E-state index contributed by atoms with van der Waals surface area (Å²) in [4.78, 5) is 0. The molecule has 1 aliphatic carbocycles. The van der Waals surface area contributed by atoms with Gasteiger partial charge in [-0.2, -0.15) is 0 Å². The lowest BCUT2D eigenvalue weighted by Gasteiger charge is -2.17. The summed E-state index contributed by atoms with van der Waals surface area (Å²) in [6.07, 6.45) is 20.8. The van der Waals surface area contributed by atoms with Gasteiger partial charge in [0.1, 0.15) is 0 Å². The second-order valence-electron chi connectivity index (χ2n) is 15.7. The lowest BCUT2D eigenvalue weighted by atomic mass is 9.86. The van der Waals surface area contributed by atoms with Gasteiger partial charge in [-0.15, -0.1) is 0 Å². The van der Waals surface area contributed by atoms with Crippen LogP contribution in [0, 0.1) is 20.8 Å². The van der Waals surface area contributed by atoms with E-state index in [9.17, 15) is 0 Å². The minimum atomic E-state index is 0.927. The molecule has 0 heterocycles. The predicted octanol–water partition coefficient (Wildman–Crippen LogP) is 21.1. The fraction of sp³-hybridized carbons (Fsp3) is 0.273. The minimum Gasteiger partial charge on any atom is -0.0984 e. The first kappa shape index (κ1) is 55.9. The van der Waals surface area contributed by atoms with Crippen LogP contribution in [0.2, 0.25) is 0 Å². The third-order valence-electron chi connectivity index (χ3n) is 10.8. The molecule has 0 spiro atoms. The number of fused-ring (bicyclic) bond motifs is 3. The van der Waals surface area contributed by atoms with Crippen molar-refractivity contribution in [2.75, 3.05) is 0 Å². The molecule has 7 aromatic rings. The lowest BCUT2D eigenvalue weighted by molar-refractivity contribution is 0.886. The fourth-order valence-electron chi connectivity index (χ4n) is 7.39. The summed E-state index contributed by atoms with van der Waals surface area (Å²) < 4.78 is 0. The third kappa shape index (κ3) is 16.6. The van der Waals surface area contributed by atoms with Crippen LogP contribution >= 0.6 is 0 Å². The maximum Gasteiger partial charge on any atom is -0.00702 e. The zero-order chi connectivity index (χ0) is 48.7. The molecular formula is C66H82. The van der Waals surface area contributed by atoms with Crippen molar-refractivity contribution >= 4 is 33.2 Å². The standard InChI is InChI=1S/C35H30.C15H12.C5H10.C4H10.C3H8.2C2H6/c1-4-27-13-9-11-17-33(27)35(29-14-6-5-7-15-29)30-22-20-28(21-23-30)31-19-18-26(3)34(24-31)32-16-10-8-12-25(32)2;1-11-10-12-6-2-3-8-14(12)15-9-5-4-7-13(11)15;1-3-5-4-2;1-3-4-2;1-3-2;2*1-2/h4-14,16-24H,1,15H2,2-3H3;2-10H,1H3;3,5H,4H2,1-2H3;3-4H2,1-2H3;3H2,1-2H3;2*1-2H3/b35-29-;;;;;;. The number of allylic oxidation sites excluding steroid dienone is 7. The van der Waals surface area contributed by atoms with Crippen LogP contribution in [0.4, 0.5) is 0 Å². The topological polar surface area (TPSA) is 0 Å². The number of hydrogen-bond donors (Lipinski definition) is 0. The third-order valence-corrected chi connectivity index (χ3v) is 10.8. The van der Waals surface area contributed by atoms with Crippen molar-refractivity contribution < 1.29 is 0 Å². The molecule has 0 saturated heterocycles. The molecule has 0 fully saturated rings. The maximum absolute atomic E-state index is 4.06. The van der Waals surface area contributed by atoms with Crippen LogP contribution in [0.5, 0.6) is 0 Å². The van der Waals surface area contributed by atoms with Crippen molar-refractivity contribution in [2.24, 2.45) is 0 Å². The molecule has 346 valence electrons. The van der Waals surface area contributed by atoms with Gasteiger partial charge in [0.2, 0.25) is 0 Å². The Morgan fingerprint density at radius 2 is 1.11 bits per heavy atom. The molecule has 0 radical (unpaired) electrons. The Hall–Kier alpha value is -6.24. The molecule has 0 aliphatic heterocycles. The summed E-state index contributed by atoms with van der Waals surface area (Å²) in [5.41, 5.74) is 15.2. The van der Waals surface area contributed by atoms with E-state index in [4.69, 9.17) is 0 Å². The Labute approximate surface area is 403 Å². The highest BCUT2D eigenvalue weighted by molar-refractivity contribution is 6.08. The summed E-state index contributed by atoms with van der Waals surface area (Å²) >= 11 is 0. The Morgan fingerprint density at radius 3 is 1.68 bits per heavy atom. The molecule has 0 aromatic heterocycles. The van der Waals surface area contributed by atoms with Crippen molar-refractivity contribution in [3.63, 3.8) is 0 Å². The first-order valence-electron chi connectivity index (χ1n) is 24.8. The second kappa shape index (κ2) is 32.4. The van der Waals surface area contributed by atoms with Crippen molar-refractivity contribution in [1.29, 1.82) is 0 Å². The van der Waals surface area contributed by atoms with E-state index < -0.39 is 0 Å². The number of benzene rings is 7. The van der Waals surface area contributed by atoms with Crippen LogP contribution in [0.1, 0.15) is 135 Å². The van der Waals surface area contributed by atoms with Crippen LogP contribution in [-0.4, -0.2) is 0 Å². The highest BCUT2D eigenvalue weighted by Crippen LogP contribution is 2.36. The Morgan fingerprint density at radius 1 is 0.545 bits per heavy atom. The van der Waals surface area contributed by atoms with Crippen LogP contribution in [0.3, 0.4) is 0 Å². The number of aryl methyl sites for hydroxylation is 3. The molecule has 0 amide bonds. The zero-order valence-electron chi connectivity index (χ0n) is 43.1. The summed E-state index contributed by atoms with van der Waals surface area (Å²) in [6.45, 7) is 31.4. The zero-order valence-corrected chi connectivity index (χ0v) is 43.1. The Balaban J connectivity index is 0.000000395. The fourth-order valence-corrected chi connectivity index (χ4v) is 7.39. The molecule has 7 aromatic carbocycles. The lowest BCUT2D eigenvalue weighted by Crippen LogP contribution is -1.97. The predicted molar refractivity (Wildman–Crippen MR) is 303 cm³/mol. The smallest absolute Gasteiger partial charge is 0.00702 e. The highest BCUT2D eigenvalue weighted by Gasteiger charge is 2.14. The monoisotopic (exact) mass is 875 g/mol. The minimum absolute atomic E-state index is 0.927. The molecule has 0 unspecified atom stereocenters. The van der Waals surface area contributed by atoms with E-state index in [-0.39, 0.29) is 0 Å². The van der Waals surface area contributed by atoms with Gasteiger partial charge in [-0.25, -0.2) is 0 Å². The highest BCUT2D eigenvalue weighted by atomic mass is 14.2. The molecule has 66 heavy (non-hydrogen) atoms. The molecule has 0 nitrogen and oxygen atoms in total. The summed E-state index contributed by atoms with van der Waals surface area (Å²) in [6, 6.07) is 52.4. The molecule has 1 aliphatic rings. The van der Waals surface area contributed by atoms with E-state index in [2.05, 4.69) is 244 Å². The average Bonchev–Trinajstić information content (AvgIpc) is 3.37. The van der Waals surface area contributed by atoms with E-state index in [1.54, 1.807) is 0 Å².